The Morgan fingerprint density at radius 1 is 1.14 bits per heavy atom. The first kappa shape index (κ1) is 16.2. The fourth-order valence-corrected chi connectivity index (χ4v) is 2.20. The zero-order chi connectivity index (χ0) is 15.8. The summed E-state index contributed by atoms with van der Waals surface area (Å²) in [7, 11) is 0. The predicted octanol–water partition coefficient (Wildman–Crippen LogP) is 3.36. The number of nitrogens with one attached hydrogen (secondary N) is 2. The standard InChI is InChI=1S/C18H23N3O/c1-14(2)9-18(22)21-17-7-3-5-15(10-17)11-20-13-16-6-4-8-19-12-16/h3-8,10,12,14,20H,9,11,13H2,1-2H3,(H,21,22). The molecule has 0 bridgehead atoms. The molecule has 4 heteroatoms. The summed E-state index contributed by atoms with van der Waals surface area (Å²) >= 11 is 0. The lowest BCUT2D eigenvalue weighted by molar-refractivity contribution is -0.116. The lowest BCUT2D eigenvalue weighted by Gasteiger charge is -2.09. The van der Waals surface area contributed by atoms with Crippen LogP contribution in [-0.2, 0) is 17.9 Å². The number of pyridine rings is 1. The fraction of sp³-hybridized carbons (Fsp3) is 0.333. The van der Waals surface area contributed by atoms with Crippen LogP contribution in [0.4, 0.5) is 5.69 Å². The third kappa shape index (κ3) is 5.66. The number of amides is 1. The summed E-state index contributed by atoms with van der Waals surface area (Å²) < 4.78 is 0. The van der Waals surface area contributed by atoms with Gasteiger partial charge in [0.2, 0.25) is 5.91 Å². The maximum Gasteiger partial charge on any atom is 0.224 e. The highest BCUT2D eigenvalue weighted by molar-refractivity contribution is 5.90. The minimum atomic E-state index is 0.0652. The van der Waals surface area contributed by atoms with Gasteiger partial charge in [-0.05, 0) is 35.2 Å². The second-order valence-corrected chi connectivity index (χ2v) is 5.81. The van der Waals surface area contributed by atoms with Crippen molar-refractivity contribution in [1.82, 2.24) is 10.3 Å². The van der Waals surface area contributed by atoms with Crippen LogP contribution in [0.25, 0.3) is 0 Å². The SMILES string of the molecule is CC(C)CC(=O)Nc1cccc(CNCc2cccnc2)c1. The van der Waals surface area contributed by atoms with Gasteiger partial charge < -0.3 is 10.6 Å². The van der Waals surface area contributed by atoms with Crippen molar-refractivity contribution in [3.8, 4) is 0 Å². The molecule has 1 aromatic carbocycles. The molecule has 22 heavy (non-hydrogen) atoms. The van der Waals surface area contributed by atoms with E-state index in [9.17, 15) is 4.79 Å². The maximum atomic E-state index is 11.8. The van der Waals surface area contributed by atoms with Gasteiger partial charge in [-0.3, -0.25) is 9.78 Å². The summed E-state index contributed by atoms with van der Waals surface area (Å²) in [5.74, 6) is 0.430. The summed E-state index contributed by atoms with van der Waals surface area (Å²) in [6.07, 6.45) is 4.17. The van der Waals surface area contributed by atoms with Crippen LogP contribution in [0.15, 0.2) is 48.8 Å². The number of carbonyl (C=O) groups excluding carboxylic acids is 1. The highest BCUT2D eigenvalue weighted by atomic mass is 16.1. The van der Waals surface area contributed by atoms with Crippen LogP contribution >= 0.6 is 0 Å². The van der Waals surface area contributed by atoms with Gasteiger partial charge in [-0.2, -0.15) is 0 Å². The maximum absolute atomic E-state index is 11.8. The molecule has 116 valence electrons. The smallest absolute Gasteiger partial charge is 0.224 e. The molecule has 1 amide bonds. The van der Waals surface area contributed by atoms with Crippen LogP contribution in [0.1, 0.15) is 31.4 Å². The number of nitrogens with zero attached hydrogens (tertiary/aromatic N) is 1. The van der Waals surface area contributed by atoms with Crippen molar-refractivity contribution >= 4 is 11.6 Å². The topological polar surface area (TPSA) is 54.0 Å². The molecule has 0 saturated heterocycles. The first-order chi connectivity index (χ1) is 10.6. The molecule has 1 heterocycles. The normalized spacial score (nSPS) is 10.7. The average Bonchev–Trinajstić information content (AvgIpc) is 2.48. The predicted molar refractivity (Wildman–Crippen MR) is 89.3 cm³/mol. The minimum Gasteiger partial charge on any atom is -0.326 e. The van der Waals surface area contributed by atoms with Gasteiger partial charge >= 0.3 is 0 Å². The summed E-state index contributed by atoms with van der Waals surface area (Å²) in [4.78, 5) is 15.9. The zero-order valence-corrected chi connectivity index (χ0v) is 13.2. The molecule has 0 aliphatic rings. The van der Waals surface area contributed by atoms with Crippen molar-refractivity contribution in [3.63, 3.8) is 0 Å². The van der Waals surface area contributed by atoms with Crippen LogP contribution < -0.4 is 10.6 Å². The highest BCUT2D eigenvalue weighted by Gasteiger charge is 2.05. The number of hydrogen-bond acceptors (Lipinski definition) is 3. The van der Waals surface area contributed by atoms with Gasteiger partial charge in [0, 0.05) is 37.6 Å². The van der Waals surface area contributed by atoms with Crippen molar-refractivity contribution in [3.05, 3.63) is 59.9 Å². The second-order valence-electron chi connectivity index (χ2n) is 5.81. The van der Waals surface area contributed by atoms with E-state index in [0.717, 1.165) is 29.9 Å². The molecule has 2 rings (SSSR count). The van der Waals surface area contributed by atoms with Crippen molar-refractivity contribution in [2.24, 2.45) is 5.92 Å². The average molecular weight is 297 g/mol. The zero-order valence-electron chi connectivity index (χ0n) is 13.2. The highest BCUT2D eigenvalue weighted by Crippen LogP contribution is 2.12. The van der Waals surface area contributed by atoms with Gasteiger partial charge in [-0.15, -0.1) is 0 Å². The Morgan fingerprint density at radius 3 is 2.64 bits per heavy atom. The van der Waals surface area contributed by atoms with Gasteiger partial charge in [0.25, 0.3) is 0 Å². The van der Waals surface area contributed by atoms with Crippen LogP contribution in [0, 0.1) is 5.92 Å². The van der Waals surface area contributed by atoms with E-state index in [2.05, 4.69) is 15.6 Å². The van der Waals surface area contributed by atoms with Gasteiger partial charge in [0.1, 0.15) is 0 Å². The Morgan fingerprint density at radius 2 is 1.91 bits per heavy atom. The van der Waals surface area contributed by atoms with E-state index in [0.29, 0.717) is 12.3 Å². The van der Waals surface area contributed by atoms with E-state index >= 15 is 0 Å². The van der Waals surface area contributed by atoms with Crippen LogP contribution in [0.3, 0.4) is 0 Å². The summed E-state index contributed by atoms with van der Waals surface area (Å²) in [6, 6.07) is 11.9. The summed E-state index contributed by atoms with van der Waals surface area (Å²) in [5.41, 5.74) is 3.15. The van der Waals surface area contributed by atoms with Gasteiger partial charge in [-0.25, -0.2) is 0 Å². The molecule has 1 aromatic heterocycles. The monoisotopic (exact) mass is 297 g/mol. The molecule has 0 aliphatic heterocycles. The minimum absolute atomic E-state index is 0.0652. The number of hydrogen-bond donors (Lipinski definition) is 2. The Balaban J connectivity index is 1.84. The number of benzene rings is 1. The molecule has 0 atom stereocenters. The molecule has 4 nitrogen and oxygen atoms in total. The molecule has 0 fully saturated rings. The summed E-state index contributed by atoms with van der Waals surface area (Å²) in [6.45, 7) is 5.61. The van der Waals surface area contributed by atoms with E-state index in [4.69, 9.17) is 0 Å². The summed E-state index contributed by atoms with van der Waals surface area (Å²) in [5, 5.41) is 6.32. The van der Waals surface area contributed by atoms with E-state index in [1.807, 2.05) is 56.4 Å². The van der Waals surface area contributed by atoms with Crippen molar-refractivity contribution in [2.45, 2.75) is 33.4 Å². The Bertz CT molecular complexity index is 596. The van der Waals surface area contributed by atoms with Gasteiger partial charge in [0.05, 0.1) is 0 Å². The first-order valence-electron chi connectivity index (χ1n) is 7.62. The van der Waals surface area contributed by atoms with Gasteiger partial charge in [-0.1, -0.05) is 32.0 Å². The Hall–Kier alpha value is -2.20. The lowest BCUT2D eigenvalue weighted by atomic mass is 10.1. The van der Waals surface area contributed by atoms with Crippen LogP contribution in [-0.4, -0.2) is 10.9 Å². The van der Waals surface area contributed by atoms with Gasteiger partial charge in [0.15, 0.2) is 0 Å². The third-order valence-corrected chi connectivity index (χ3v) is 3.19. The van der Waals surface area contributed by atoms with E-state index in [1.165, 1.54) is 0 Å². The molecule has 0 radical (unpaired) electrons. The largest absolute Gasteiger partial charge is 0.326 e. The lowest BCUT2D eigenvalue weighted by Crippen LogP contribution is -2.15. The van der Waals surface area contributed by atoms with Crippen molar-refractivity contribution in [1.29, 1.82) is 0 Å². The number of carbonyl (C=O) groups is 1. The van der Waals surface area contributed by atoms with E-state index in [-0.39, 0.29) is 5.91 Å². The van der Waals surface area contributed by atoms with Crippen LogP contribution in [0.5, 0.6) is 0 Å². The first-order valence-corrected chi connectivity index (χ1v) is 7.62. The molecule has 2 aromatic rings. The van der Waals surface area contributed by atoms with Crippen molar-refractivity contribution in [2.75, 3.05) is 5.32 Å². The molecule has 0 unspecified atom stereocenters. The van der Waals surface area contributed by atoms with Crippen LogP contribution in [0.2, 0.25) is 0 Å². The molecular formula is C18H23N3O. The van der Waals surface area contributed by atoms with E-state index < -0.39 is 0 Å². The second kappa shape index (κ2) is 8.29. The Kier molecular flexibility index (Phi) is 6.10. The number of anilines is 1. The quantitative estimate of drug-likeness (QED) is 0.824. The van der Waals surface area contributed by atoms with Crippen molar-refractivity contribution < 1.29 is 4.79 Å². The third-order valence-electron chi connectivity index (χ3n) is 3.19. The molecule has 0 spiro atoms. The molecule has 0 saturated carbocycles. The Labute approximate surface area is 132 Å². The molecule has 0 aliphatic carbocycles. The molecular weight excluding hydrogens is 274 g/mol. The number of aromatic nitrogens is 1. The molecule has 2 N–H and O–H groups in total. The van der Waals surface area contributed by atoms with E-state index in [1.54, 1.807) is 6.20 Å². The fourth-order valence-electron chi connectivity index (χ4n) is 2.20. The number of rotatable bonds is 7.